The molecule has 7 heteroatoms. The molecule has 0 bridgehead atoms. The number of rotatable bonds is 6. The van der Waals surface area contributed by atoms with Crippen LogP contribution in [0.5, 0.6) is 5.75 Å². The van der Waals surface area contributed by atoms with Crippen molar-refractivity contribution in [2.45, 2.75) is 11.5 Å². The summed E-state index contributed by atoms with van der Waals surface area (Å²) in [7, 11) is 0. The molecule has 3 rings (SSSR count). The van der Waals surface area contributed by atoms with Gasteiger partial charge in [0.2, 0.25) is 0 Å². The molecular weight excluding hydrogens is 384 g/mol. The molecule has 0 amide bonds. The van der Waals surface area contributed by atoms with Crippen LogP contribution in [-0.4, -0.2) is 23.8 Å². The fourth-order valence-corrected chi connectivity index (χ4v) is 3.00. The van der Waals surface area contributed by atoms with Crippen molar-refractivity contribution in [3.8, 4) is 11.8 Å². The van der Waals surface area contributed by atoms with E-state index in [-0.39, 0.29) is 13.2 Å². The molecule has 0 aliphatic carbocycles. The Labute approximate surface area is 165 Å². The van der Waals surface area contributed by atoms with Crippen LogP contribution in [0.15, 0.2) is 53.4 Å². The number of pyridine rings is 1. The molecule has 0 saturated carbocycles. The van der Waals surface area contributed by atoms with Gasteiger partial charge >= 0.3 is 5.97 Å². The van der Waals surface area contributed by atoms with Crippen LogP contribution in [-0.2, 0) is 16.1 Å². The molecule has 0 atom stereocenters. The van der Waals surface area contributed by atoms with Gasteiger partial charge in [0, 0.05) is 15.8 Å². The van der Waals surface area contributed by atoms with Crippen molar-refractivity contribution in [3.63, 3.8) is 0 Å². The first kappa shape index (κ1) is 19.0. The van der Waals surface area contributed by atoms with E-state index >= 15 is 0 Å². The largest absolute Gasteiger partial charge is 0.482 e. The third-order valence-corrected chi connectivity index (χ3v) is 4.83. The van der Waals surface area contributed by atoms with Crippen LogP contribution in [0.25, 0.3) is 10.9 Å². The SMILES string of the molecule is CSc1ccc2cc(COC(=O)COc3ccc(C#N)cc3)c(Cl)nc2c1. The number of carbonyl (C=O) groups is 1. The van der Waals surface area contributed by atoms with Gasteiger partial charge in [0.05, 0.1) is 17.1 Å². The molecule has 0 spiro atoms. The smallest absolute Gasteiger partial charge is 0.344 e. The quantitative estimate of drug-likeness (QED) is 0.343. The fourth-order valence-electron chi connectivity index (χ4n) is 2.36. The highest BCUT2D eigenvalue weighted by atomic mass is 35.5. The van der Waals surface area contributed by atoms with E-state index in [1.165, 1.54) is 0 Å². The summed E-state index contributed by atoms with van der Waals surface area (Å²) in [6.45, 7) is -0.219. The molecule has 0 saturated heterocycles. The molecule has 0 radical (unpaired) electrons. The number of nitriles is 1. The van der Waals surface area contributed by atoms with Crippen molar-refractivity contribution < 1.29 is 14.3 Å². The lowest BCUT2D eigenvalue weighted by molar-refractivity contribution is -0.147. The number of ether oxygens (including phenoxy) is 2. The minimum absolute atomic E-state index is 0.0155. The summed E-state index contributed by atoms with van der Waals surface area (Å²) in [6, 6.07) is 16.3. The van der Waals surface area contributed by atoms with E-state index in [2.05, 4.69) is 4.98 Å². The second-order valence-electron chi connectivity index (χ2n) is 5.58. The number of aromatic nitrogens is 1. The van der Waals surface area contributed by atoms with Crippen LogP contribution >= 0.6 is 23.4 Å². The molecule has 0 aliphatic heterocycles. The Morgan fingerprint density at radius 1 is 1.22 bits per heavy atom. The number of carbonyl (C=O) groups excluding carboxylic acids is 1. The normalized spacial score (nSPS) is 10.4. The minimum Gasteiger partial charge on any atom is -0.482 e. The van der Waals surface area contributed by atoms with Crippen LogP contribution < -0.4 is 4.74 Å². The van der Waals surface area contributed by atoms with Gasteiger partial charge in [-0.25, -0.2) is 9.78 Å². The fraction of sp³-hybridized carbons (Fsp3) is 0.150. The monoisotopic (exact) mass is 398 g/mol. The molecule has 2 aromatic carbocycles. The molecule has 27 heavy (non-hydrogen) atoms. The molecule has 1 aromatic heterocycles. The van der Waals surface area contributed by atoms with Crippen LogP contribution in [0.3, 0.4) is 0 Å². The Hall–Kier alpha value is -2.75. The Balaban J connectivity index is 1.59. The first-order valence-electron chi connectivity index (χ1n) is 8.01. The predicted octanol–water partition coefficient (Wildman–Crippen LogP) is 4.60. The average molecular weight is 399 g/mol. The third-order valence-electron chi connectivity index (χ3n) is 3.78. The highest BCUT2D eigenvalue weighted by molar-refractivity contribution is 7.98. The summed E-state index contributed by atoms with van der Waals surface area (Å²) in [5.41, 5.74) is 1.95. The van der Waals surface area contributed by atoms with Crippen molar-refractivity contribution in [2.24, 2.45) is 0 Å². The minimum atomic E-state index is -0.520. The van der Waals surface area contributed by atoms with E-state index in [1.807, 2.05) is 36.6 Å². The van der Waals surface area contributed by atoms with Crippen molar-refractivity contribution >= 4 is 40.2 Å². The van der Waals surface area contributed by atoms with Crippen molar-refractivity contribution in [1.82, 2.24) is 4.98 Å². The Morgan fingerprint density at radius 3 is 2.70 bits per heavy atom. The highest BCUT2D eigenvalue weighted by Gasteiger charge is 2.10. The average Bonchev–Trinajstić information content (AvgIpc) is 2.70. The van der Waals surface area contributed by atoms with E-state index < -0.39 is 5.97 Å². The summed E-state index contributed by atoms with van der Waals surface area (Å²) in [5.74, 6) is -0.0331. The summed E-state index contributed by atoms with van der Waals surface area (Å²) in [6.07, 6.45) is 2.00. The zero-order valence-electron chi connectivity index (χ0n) is 14.4. The van der Waals surface area contributed by atoms with E-state index in [9.17, 15) is 4.79 Å². The second kappa shape index (κ2) is 8.76. The van der Waals surface area contributed by atoms with Gasteiger partial charge in [-0.05, 0) is 48.7 Å². The molecule has 136 valence electrons. The van der Waals surface area contributed by atoms with Gasteiger partial charge < -0.3 is 9.47 Å². The number of benzene rings is 2. The maximum Gasteiger partial charge on any atom is 0.344 e. The summed E-state index contributed by atoms with van der Waals surface area (Å²) >= 11 is 7.85. The number of thioether (sulfide) groups is 1. The molecule has 0 fully saturated rings. The lowest BCUT2D eigenvalue weighted by Gasteiger charge is -2.09. The number of esters is 1. The van der Waals surface area contributed by atoms with E-state index in [0.29, 0.717) is 22.0 Å². The molecule has 3 aromatic rings. The van der Waals surface area contributed by atoms with Crippen LogP contribution in [0.2, 0.25) is 5.15 Å². The summed E-state index contributed by atoms with van der Waals surface area (Å²) in [5, 5.41) is 9.99. The van der Waals surface area contributed by atoms with E-state index in [0.717, 1.165) is 15.8 Å². The number of hydrogen-bond acceptors (Lipinski definition) is 6. The molecule has 0 N–H and O–H groups in total. The molecule has 0 unspecified atom stereocenters. The van der Waals surface area contributed by atoms with Gasteiger partial charge in [0.25, 0.3) is 0 Å². The Morgan fingerprint density at radius 2 is 2.00 bits per heavy atom. The first-order chi connectivity index (χ1) is 13.1. The maximum absolute atomic E-state index is 11.9. The molecule has 5 nitrogen and oxygen atoms in total. The van der Waals surface area contributed by atoms with Gasteiger partial charge in [-0.1, -0.05) is 17.7 Å². The Bertz CT molecular complexity index is 1020. The summed E-state index contributed by atoms with van der Waals surface area (Å²) in [4.78, 5) is 17.4. The van der Waals surface area contributed by atoms with Gasteiger partial charge in [0.1, 0.15) is 17.5 Å². The van der Waals surface area contributed by atoms with Crippen molar-refractivity contribution in [1.29, 1.82) is 5.26 Å². The van der Waals surface area contributed by atoms with Crippen LogP contribution in [0.1, 0.15) is 11.1 Å². The first-order valence-corrected chi connectivity index (χ1v) is 9.61. The number of fused-ring (bicyclic) bond motifs is 1. The van der Waals surface area contributed by atoms with Crippen LogP contribution in [0.4, 0.5) is 0 Å². The lowest BCUT2D eigenvalue weighted by atomic mass is 10.2. The molecular formula is C20H15ClN2O3S. The Kier molecular flexibility index (Phi) is 6.17. The second-order valence-corrected chi connectivity index (χ2v) is 6.82. The predicted molar refractivity (Wildman–Crippen MR) is 105 cm³/mol. The molecule has 1 heterocycles. The van der Waals surface area contributed by atoms with Gasteiger partial charge in [-0.3, -0.25) is 0 Å². The van der Waals surface area contributed by atoms with Gasteiger partial charge in [0.15, 0.2) is 6.61 Å². The maximum atomic E-state index is 11.9. The van der Waals surface area contributed by atoms with Gasteiger partial charge in [-0.2, -0.15) is 5.26 Å². The van der Waals surface area contributed by atoms with Crippen molar-refractivity contribution in [3.05, 3.63) is 64.8 Å². The molecule has 0 aliphatic rings. The third kappa shape index (κ3) is 4.91. The standard InChI is InChI=1S/C20H15ClN2O3S/c1-27-17-7-4-14-8-15(20(21)23-18(14)9-17)11-26-19(24)12-25-16-5-2-13(10-22)3-6-16/h2-9H,11-12H2,1H3. The number of hydrogen-bond donors (Lipinski definition) is 0. The van der Waals surface area contributed by atoms with Crippen LogP contribution in [0, 0.1) is 11.3 Å². The van der Waals surface area contributed by atoms with E-state index in [1.54, 1.807) is 36.0 Å². The summed E-state index contributed by atoms with van der Waals surface area (Å²) < 4.78 is 10.6. The zero-order valence-corrected chi connectivity index (χ0v) is 16.0. The number of halogens is 1. The topological polar surface area (TPSA) is 72.2 Å². The lowest BCUT2D eigenvalue weighted by Crippen LogP contribution is -2.15. The van der Waals surface area contributed by atoms with Crippen molar-refractivity contribution in [2.75, 3.05) is 12.9 Å². The van der Waals surface area contributed by atoms with E-state index in [4.69, 9.17) is 26.3 Å². The number of nitrogens with zero attached hydrogens (tertiary/aromatic N) is 2. The zero-order chi connectivity index (χ0) is 19.2. The highest BCUT2D eigenvalue weighted by Crippen LogP contribution is 2.25. The van der Waals surface area contributed by atoms with Gasteiger partial charge in [-0.15, -0.1) is 11.8 Å².